The van der Waals surface area contributed by atoms with Gasteiger partial charge in [-0.2, -0.15) is 10.4 Å². The molecule has 23 heavy (non-hydrogen) atoms. The Labute approximate surface area is 133 Å². The Morgan fingerprint density at radius 3 is 2.78 bits per heavy atom. The predicted octanol–water partition coefficient (Wildman–Crippen LogP) is 3.23. The molecule has 0 bridgehead atoms. The molecule has 7 nitrogen and oxygen atoms in total. The Balaban J connectivity index is 2.23. The summed E-state index contributed by atoms with van der Waals surface area (Å²) in [5, 5.41) is 21.9. The minimum absolute atomic E-state index is 0.0174. The van der Waals surface area contributed by atoms with Gasteiger partial charge in [0.15, 0.2) is 5.75 Å². The number of carbonyl (C=O) groups is 1. The van der Waals surface area contributed by atoms with Crippen molar-refractivity contribution in [1.82, 2.24) is 9.78 Å². The summed E-state index contributed by atoms with van der Waals surface area (Å²) >= 11 is 0. The molecule has 1 N–H and O–H groups in total. The lowest BCUT2D eigenvalue weighted by atomic mass is 9.98. The fourth-order valence-corrected chi connectivity index (χ4v) is 1.77. The van der Waals surface area contributed by atoms with Crippen molar-refractivity contribution < 1.29 is 19.4 Å². The quantitative estimate of drug-likeness (QED) is 0.870. The number of hydrogen-bond acceptors (Lipinski definition) is 5. The van der Waals surface area contributed by atoms with E-state index >= 15 is 0 Å². The zero-order valence-electron chi connectivity index (χ0n) is 13.1. The highest BCUT2D eigenvalue weighted by Crippen LogP contribution is 2.24. The fourth-order valence-electron chi connectivity index (χ4n) is 1.77. The van der Waals surface area contributed by atoms with Gasteiger partial charge in [0, 0.05) is 0 Å². The van der Waals surface area contributed by atoms with Gasteiger partial charge in [-0.15, -0.1) is 0 Å². The van der Waals surface area contributed by atoms with Crippen molar-refractivity contribution in [2.45, 2.75) is 20.8 Å². The number of nitriles is 1. The third-order valence-electron chi connectivity index (χ3n) is 2.77. The molecule has 7 heteroatoms. The van der Waals surface area contributed by atoms with Crippen molar-refractivity contribution in [3.05, 3.63) is 36.2 Å². The summed E-state index contributed by atoms with van der Waals surface area (Å²) in [5.74, 6) is 0.601. The minimum Gasteiger partial charge on any atom is -0.492 e. The predicted molar refractivity (Wildman–Crippen MR) is 81.9 cm³/mol. The first kappa shape index (κ1) is 16.4. The van der Waals surface area contributed by atoms with Crippen LogP contribution in [0.4, 0.5) is 4.79 Å². The molecule has 1 aromatic carbocycles. The van der Waals surface area contributed by atoms with E-state index in [2.05, 4.69) is 15.9 Å². The van der Waals surface area contributed by atoms with Gasteiger partial charge in [0.2, 0.25) is 0 Å². The first-order valence-corrected chi connectivity index (χ1v) is 6.91. The van der Waals surface area contributed by atoms with Crippen LogP contribution in [0.15, 0.2) is 30.6 Å². The molecule has 1 aromatic heterocycles. The van der Waals surface area contributed by atoms with Gasteiger partial charge in [-0.3, -0.25) is 0 Å². The van der Waals surface area contributed by atoms with Crippen LogP contribution in [0.1, 0.15) is 26.3 Å². The summed E-state index contributed by atoms with van der Waals surface area (Å²) in [6.45, 7) is 6.61. The molecule has 0 radical (unpaired) electrons. The summed E-state index contributed by atoms with van der Waals surface area (Å²) in [7, 11) is 0. The van der Waals surface area contributed by atoms with Crippen molar-refractivity contribution in [3.8, 4) is 23.3 Å². The van der Waals surface area contributed by atoms with Gasteiger partial charge < -0.3 is 14.6 Å². The lowest BCUT2D eigenvalue weighted by Crippen LogP contribution is -2.17. The Bertz CT molecular complexity index is 753. The SMILES string of the molecule is CC(C)(C)COc1ccc(-n2cc(OC(=O)O)cn2)cc1C#N. The van der Waals surface area contributed by atoms with E-state index in [-0.39, 0.29) is 11.2 Å². The van der Waals surface area contributed by atoms with E-state index in [1.54, 1.807) is 18.2 Å². The van der Waals surface area contributed by atoms with E-state index in [1.807, 2.05) is 20.8 Å². The van der Waals surface area contributed by atoms with Crippen LogP contribution in [0.3, 0.4) is 0 Å². The third-order valence-corrected chi connectivity index (χ3v) is 2.77. The maximum atomic E-state index is 10.5. The molecule has 0 unspecified atom stereocenters. The molecule has 2 aromatic rings. The monoisotopic (exact) mass is 315 g/mol. The van der Waals surface area contributed by atoms with Crippen LogP contribution >= 0.6 is 0 Å². The average Bonchev–Trinajstić information content (AvgIpc) is 2.91. The van der Waals surface area contributed by atoms with Gasteiger partial charge in [0.25, 0.3) is 0 Å². The molecule has 120 valence electrons. The van der Waals surface area contributed by atoms with E-state index in [9.17, 15) is 10.1 Å². The number of hydrogen-bond donors (Lipinski definition) is 1. The first-order chi connectivity index (χ1) is 10.8. The van der Waals surface area contributed by atoms with Crippen LogP contribution in [0.2, 0.25) is 0 Å². The van der Waals surface area contributed by atoms with Gasteiger partial charge in [-0.25, -0.2) is 9.48 Å². The molecule has 0 fully saturated rings. The highest BCUT2D eigenvalue weighted by atomic mass is 16.7. The Morgan fingerprint density at radius 1 is 1.43 bits per heavy atom. The third kappa shape index (κ3) is 4.48. The molecule has 0 spiro atoms. The number of ether oxygens (including phenoxy) is 2. The van der Waals surface area contributed by atoms with Crippen LogP contribution in [0.5, 0.6) is 11.5 Å². The number of benzene rings is 1. The van der Waals surface area contributed by atoms with E-state index < -0.39 is 6.16 Å². The lowest BCUT2D eigenvalue weighted by molar-refractivity contribution is 0.144. The van der Waals surface area contributed by atoms with Crippen LogP contribution in [-0.4, -0.2) is 27.6 Å². The molecule has 0 saturated heterocycles. The smallest absolute Gasteiger partial charge is 0.492 e. The molecule has 2 rings (SSSR count). The second kappa shape index (κ2) is 6.40. The maximum Gasteiger partial charge on any atom is 0.511 e. The Hall–Kier alpha value is -3.01. The van der Waals surface area contributed by atoms with Gasteiger partial charge >= 0.3 is 6.16 Å². The van der Waals surface area contributed by atoms with Crippen LogP contribution in [0.25, 0.3) is 5.69 Å². The normalized spacial score (nSPS) is 10.9. The molecule has 0 aliphatic rings. The van der Waals surface area contributed by atoms with Crippen molar-refractivity contribution in [2.24, 2.45) is 5.41 Å². The summed E-state index contributed by atoms with van der Waals surface area (Å²) < 4.78 is 11.6. The molecule has 1 heterocycles. The van der Waals surface area contributed by atoms with Crippen LogP contribution < -0.4 is 9.47 Å². The van der Waals surface area contributed by atoms with E-state index in [0.717, 1.165) is 0 Å². The highest BCUT2D eigenvalue weighted by Gasteiger charge is 2.14. The summed E-state index contributed by atoms with van der Waals surface area (Å²) in [5.41, 5.74) is 0.962. The largest absolute Gasteiger partial charge is 0.511 e. The molecule has 0 saturated carbocycles. The summed E-state index contributed by atoms with van der Waals surface area (Å²) in [6, 6.07) is 7.14. The molecular weight excluding hydrogens is 298 g/mol. The molecular formula is C16H17N3O4. The Morgan fingerprint density at radius 2 is 2.17 bits per heavy atom. The molecule has 0 aliphatic carbocycles. The van der Waals surface area contributed by atoms with Gasteiger partial charge in [0.1, 0.15) is 11.8 Å². The average molecular weight is 315 g/mol. The van der Waals surface area contributed by atoms with Gasteiger partial charge in [-0.05, 0) is 23.6 Å². The standard InChI is InChI=1S/C16H17N3O4/c1-16(2,3)10-22-14-5-4-12(6-11(14)7-17)19-9-13(8-18-19)23-15(20)21/h4-6,8-9H,10H2,1-3H3,(H,20,21). The second-order valence-corrected chi connectivity index (χ2v) is 6.13. The van der Waals surface area contributed by atoms with Crippen molar-refractivity contribution in [1.29, 1.82) is 5.26 Å². The van der Waals surface area contributed by atoms with E-state index in [0.29, 0.717) is 23.6 Å². The highest BCUT2D eigenvalue weighted by molar-refractivity contribution is 5.60. The topological polar surface area (TPSA) is 97.4 Å². The van der Waals surface area contributed by atoms with Crippen LogP contribution in [0, 0.1) is 16.7 Å². The van der Waals surface area contributed by atoms with Gasteiger partial charge in [-0.1, -0.05) is 20.8 Å². The van der Waals surface area contributed by atoms with Crippen molar-refractivity contribution in [3.63, 3.8) is 0 Å². The van der Waals surface area contributed by atoms with Crippen molar-refractivity contribution in [2.75, 3.05) is 6.61 Å². The number of nitrogens with zero attached hydrogens (tertiary/aromatic N) is 3. The van der Waals surface area contributed by atoms with E-state index in [4.69, 9.17) is 9.84 Å². The zero-order valence-corrected chi connectivity index (χ0v) is 13.1. The summed E-state index contributed by atoms with van der Waals surface area (Å²) in [6.07, 6.45) is 1.29. The number of rotatable bonds is 4. The number of aromatic nitrogens is 2. The number of carboxylic acid groups (broad SMARTS) is 1. The maximum absolute atomic E-state index is 10.5. The first-order valence-electron chi connectivity index (χ1n) is 6.91. The molecule has 0 aliphatic heterocycles. The fraction of sp³-hybridized carbons (Fsp3) is 0.312. The lowest BCUT2D eigenvalue weighted by Gasteiger charge is -2.19. The van der Waals surface area contributed by atoms with Gasteiger partial charge in [0.05, 0.1) is 30.3 Å². The molecule has 0 amide bonds. The summed E-state index contributed by atoms with van der Waals surface area (Å²) in [4.78, 5) is 10.5. The second-order valence-electron chi connectivity index (χ2n) is 6.13. The zero-order chi connectivity index (χ0) is 17.0. The van der Waals surface area contributed by atoms with Crippen molar-refractivity contribution >= 4 is 6.16 Å². The molecule has 0 atom stereocenters. The minimum atomic E-state index is -1.41. The Kier molecular flexibility index (Phi) is 4.55. The van der Waals surface area contributed by atoms with Crippen LogP contribution in [-0.2, 0) is 0 Å². The van der Waals surface area contributed by atoms with E-state index in [1.165, 1.54) is 17.1 Å².